The first-order chi connectivity index (χ1) is 12.4. The number of hydrazone groups is 1. The summed E-state index contributed by atoms with van der Waals surface area (Å²) < 4.78 is 10.9. The van der Waals surface area contributed by atoms with Gasteiger partial charge in [0.05, 0.1) is 22.7 Å². The number of nitrogens with zero attached hydrogens (tertiary/aromatic N) is 2. The fourth-order valence-corrected chi connectivity index (χ4v) is 2.67. The molecule has 2 rings (SSSR count). The lowest BCUT2D eigenvalue weighted by Gasteiger charge is -2.07. The zero-order valence-corrected chi connectivity index (χ0v) is 15.8. The number of nitrogens with one attached hydrogen (secondary N) is 1. The minimum absolute atomic E-state index is 0.137. The number of benzene rings is 2. The van der Waals surface area contributed by atoms with Gasteiger partial charge < -0.3 is 9.47 Å². The van der Waals surface area contributed by atoms with Crippen molar-refractivity contribution < 1.29 is 19.2 Å². The van der Waals surface area contributed by atoms with Gasteiger partial charge in [0.25, 0.3) is 5.91 Å². The molecule has 0 saturated carbocycles. The molecule has 0 heterocycles. The minimum Gasteiger partial charge on any atom is -0.490 e. The number of hydrogen-bond donors (Lipinski definition) is 1. The van der Waals surface area contributed by atoms with Crippen LogP contribution in [0.1, 0.15) is 5.56 Å². The summed E-state index contributed by atoms with van der Waals surface area (Å²) in [5.74, 6) is 0.101. The van der Waals surface area contributed by atoms with Crippen molar-refractivity contribution in [2.24, 2.45) is 5.10 Å². The molecule has 0 aromatic heterocycles. The number of nitro groups is 1. The molecule has 8 nitrogen and oxygen atoms in total. The fraction of sp³-hybridized carbons (Fsp3) is 0.125. The van der Waals surface area contributed by atoms with Gasteiger partial charge in [0.2, 0.25) is 0 Å². The van der Waals surface area contributed by atoms with Crippen LogP contribution >= 0.6 is 27.5 Å². The maximum Gasteiger partial charge on any atom is 0.311 e. The van der Waals surface area contributed by atoms with Gasteiger partial charge in [-0.05, 0) is 46.3 Å². The first kappa shape index (κ1) is 19.7. The summed E-state index contributed by atoms with van der Waals surface area (Å²) in [5.41, 5.74) is 2.51. The van der Waals surface area contributed by atoms with Crippen molar-refractivity contribution in [3.63, 3.8) is 0 Å². The van der Waals surface area contributed by atoms with Crippen LogP contribution < -0.4 is 14.9 Å². The van der Waals surface area contributed by atoms with Crippen LogP contribution in [-0.2, 0) is 4.79 Å². The van der Waals surface area contributed by atoms with Crippen molar-refractivity contribution in [2.45, 2.75) is 0 Å². The lowest BCUT2D eigenvalue weighted by Crippen LogP contribution is -2.24. The summed E-state index contributed by atoms with van der Waals surface area (Å²) in [5, 5.41) is 15.2. The Hall–Kier alpha value is -2.65. The third-order valence-corrected chi connectivity index (χ3v) is 3.91. The quantitative estimate of drug-likeness (QED) is 0.401. The van der Waals surface area contributed by atoms with E-state index < -0.39 is 10.8 Å². The highest BCUT2D eigenvalue weighted by Gasteiger charge is 2.14. The van der Waals surface area contributed by atoms with Crippen molar-refractivity contribution in [2.75, 3.05) is 13.7 Å². The van der Waals surface area contributed by atoms with Gasteiger partial charge in [0, 0.05) is 16.7 Å². The number of carbonyl (C=O) groups is 1. The Morgan fingerprint density at radius 1 is 1.35 bits per heavy atom. The Bertz CT molecular complexity index is 860. The van der Waals surface area contributed by atoms with Gasteiger partial charge >= 0.3 is 5.69 Å². The Kier molecular flexibility index (Phi) is 6.93. The van der Waals surface area contributed by atoms with Crippen molar-refractivity contribution in [1.29, 1.82) is 0 Å². The van der Waals surface area contributed by atoms with Gasteiger partial charge in [-0.25, -0.2) is 5.43 Å². The van der Waals surface area contributed by atoms with E-state index in [4.69, 9.17) is 21.1 Å². The lowest BCUT2D eigenvalue weighted by atomic mass is 10.2. The van der Waals surface area contributed by atoms with E-state index in [0.717, 1.165) is 0 Å². The molecule has 26 heavy (non-hydrogen) atoms. The summed E-state index contributed by atoms with van der Waals surface area (Å²) in [6.45, 7) is -0.264. The molecule has 0 spiro atoms. The number of carbonyl (C=O) groups excluding carboxylic acids is 1. The molecule has 0 aliphatic rings. The molecule has 1 N–H and O–H groups in total. The number of amides is 1. The first-order valence-corrected chi connectivity index (χ1v) is 8.30. The minimum atomic E-state index is -0.563. The Morgan fingerprint density at radius 2 is 2.08 bits per heavy atom. The molecule has 0 unspecified atom stereocenters. The van der Waals surface area contributed by atoms with Crippen molar-refractivity contribution in [1.82, 2.24) is 5.43 Å². The number of rotatable bonds is 7. The van der Waals surface area contributed by atoms with E-state index in [0.29, 0.717) is 20.8 Å². The molecule has 1 amide bonds. The van der Waals surface area contributed by atoms with Crippen LogP contribution in [0.25, 0.3) is 0 Å². The smallest absolute Gasteiger partial charge is 0.311 e. The first-order valence-electron chi connectivity index (χ1n) is 7.13. The van der Waals surface area contributed by atoms with Crippen LogP contribution in [-0.4, -0.2) is 30.8 Å². The van der Waals surface area contributed by atoms with Gasteiger partial charge in [0.15, 0.2) is 12.4 Å². The molecular weight excluding hydrogens is 430 g/mol. The van der Waals surface area contributed by atoms with Gasteiger partial charge in [-0.15, -0.1) is 0 Å². The number of nitro benzene ring substituents is 1. The van der Waals surface area contributed by atoms with Crippen molar-refractivity contribution in [3.8, 4) is 11.5 Å². The second kappa shape index (κ2) is 9.16. The van der Waals surface area contributed by atoms with Crippen molar-refractivity contribution in [3.05, 3.63) is 61.6 Å². The predicted molar refractivity (Wildman–Crippen MR) is 100 cm³/mol. The summed E-state index contributed by atoms with van der Waals surface area (Å²) in [7, 11) is 1.34. The summed E-state index contributed by atoms with van der Waals surface area (Å²) in [6.07, 6.45) is 1.28. The molecule has 10 heteroatoms. The predicted octanol–water partition coefficient (Wildman–Crippen LogP) is 3.55. The molecule has 0 aliphatic heterocycles. The van der Waals surface area contributed by atoms with E-state index in [1.54, 1.807) is 24.3 Å². The zero-order valence-electron chi connectivity index (χ0n) is 13.4. The van der Waals surface area contributed by atoms with Gasteiger partial charge in [0.1, 0.15) is 5.75 Å². The SMILES string of the molecule is COc1ccc(C=NNC(=O)COc2ccc(Cl)cc2Br)cc1[N+](=O)[O-]. The van der Waals surface area contributed by atoms with Gasteiger partial charge in [-0.2, -0.15) is 5.10 Å². The van der Waals surface area contributed by atoms with Gasteiger partial charge in [-0.3, -0.25) is 14.9 Å². The van der Waals surface area contributed by atoms with Gasteiger partial charge in [-0.1, -0.05) is 11.6 Å². The molecule has 0 bridgehead atoms. The third-order valence-electron chi connectivity index (χ3n) is 3.06. The van der Waals surface area contributed by atoms with Crippen LogP contribution in [0.2, 0.25) is 5.02 Å². The summed E-state index contributed by atoms with van der Waals surface area (Å²) >= 11 is 9.10. The Labute approximate surface area is 162 Å². The average Bonchev–Trinajstić information content (AvgIpc) is 2.60. The van der Waals surface area contributed by atoms with E-state index in [2.05, 4.69) is 26.5 Å². The highest BCUT2D eigenvalue weighted by Crippen LogP contribution is 2.28. The van der Waals surface area contributed by atoms with Crippen LogP contribution in [0.3, 0.4) is 0 Å². The second-order valence-corrected chi connectivity index (χ2v) is 6.14. The molecule has 0 radical (unpaired) electrons. The van der Waals surface area contributed by atoms with E-state index in [-0.39, 0.29) is 18.0 Å². The van der Waals surface area contributed by atoms with Crippen LogP contribution in [0.4, 0.5) is 5.69 Å². The lowest BCUT2D eigenvalue weighted by molar-refractivity contribution is -0.385. The third kappa shape index (κ3) is 5.43. The average molecular weight is 443 g/mol. The number of methoxy groups -OCH3 is 1. The summed E-state index contributed by atoms with van der Waals surface area (Å²) in [6, 6.07) is 9.21. The standard InChI is InChI=1S/C16H13BrClN3O5/c1-25-15-4-2-10(6-13(15)21(23)24)8-19-20-16(22)9-26-14-5-3-11(18)7-12(14)17/h2-8H,9H2,1H3,(H,20,22). The molecular formula is C16H13BrClN3O5. The maximum atomic E-state index is 11.7. The molecule has 136 valence electrons. The highest BCUT2D eigenvalue weighted by atomic mass is 79.9. The number of halogens is 2. The van der Waals surface area contributed by atoms with E-state index in [9.17, 15) is 14.9 Å². The molecule has 2 aromatic rings. The largest absolute Gasteiger partial charge is 0.490 e. The molecule has 0 atom stereocenters. The zero-order chi connectivity index (χ0) is 19.1. The molecule has 2 aromatic carbocycles. The second-order valence-electron chi connectivity index (χ2n) is 4.84. The normalized spacial score (nSPS) is 10.6. The Morgan fingerprint density at radius 3 is 2.73 bits per heavy atom. The van der Waals surface area contributed by atoms with Crippen LogP contribution in [0, 0.1) is 10.1 Å². The van der Waals surface area contributed by atoms with Crippen LogP contribution in [0.5, 0.6) is 11.5 Å². The number of hydrogen-bond acceptors (Lipinski definition) is 6. The molecule has 0 fully saturated rings. The van der Waals surface area contributed by atoms with E-state index in [1.807, 2.05) is 0 Å². The Balaban J connectivity index is 1.92. The highest BCUT2D eigenvalue weighted by molar-refractivity contribution is 9.10. The van der Waals surface area contributed by atoms with Crippen LogP contribution in [0.15, 0.2) is 46.0 Å². The molecule has 0 saturated heterocycles. The van der Waals surface area contributed by atoms with Crippen molar-refractivity contribution >= 4 is 45.3 Å². The van der Waals surface area contributed by atoms with E-state index >= 15 is 0 Å². The van der Waals surface area contributed by atoms with E-state index in [1.165, 1.54) is 25.5 Å². The maximum absolute atomic E-state index is 11.7. The summed E-state index contributed by atoms with van der Waals surface area (Å²) in [4.78, 5) is 22.1. The monoisotopic (exact) mass is 441 g/mol. The topological polar surface area (TPSA) is 103 Å². The molecule has 0 aliphatic carbocycles. The fourth-order valence-electron chi connectivity index (χ4n) is 1.88. The number of ether oxygens (including phenoxy) is 2.